The first-order valence-electron chi connectivity index (χ1n) is 9.58. The molecule has 7 nitrogen and oxygen atoms in total. The molecule has 4 rings (SSSR count). The lowest BCUT2D eigenvalue weighted by Gasteiger charge is -2.27. The van der Waals surface area contributed by atoms with Gasteiger partial charge in [-0.2, -0.15) is 5.10 Å². The molecule has 27 heavy (non-hydrogen) atoms. The average molecular weight is 366 g/mol. The molecule has 0 saturated heterocycles. The van der Waals surface area contributed by atoms with Gasteiger partial charge in [0.25, 0.3) is 0 Å². The number of fused-ring (bicyclic) bond motifs is 1. The second-order valence-electron chi connectivity index (χ2n) is 7.49. The van der Waals surface area contributed by atoms with E-state index in [1.807, 2.05) is 38.4 Å². The van der Waals surface area contributed by atoms with Crippen LogP contribution in [0.25, 0.3) is 11.0 Å². The number of imidazole rings is 1. The van der Waals surface area contributed by atoms with Crippen LogP contribution in [0.15, 0.2) is 30.5 Å². The number of rotatable bonds is 4. The third-order valence-electron chi connectivity index (χ3n) is 5.45. The van der Waals surface area contributed by atoms with Crippen LogP contribution in [0.4, 0.5) is 10.5 Å². The Kier molecular flexibility index (Phi) is 4.83. The van der Waals surface area contributed by atoms with E-state index in [1.54, 1.807) is 4.68 Å². The maximum Gasteiger partial charge on any atom is 0.319 e. The molecule has 1 aromatic carbocycles. The van der Waals surface area contributed by atoms with Crippen molar-refractivity contribution in [3.63, 3.8) is 0 Å². The Labute approximate surface area is 158 Å². The van der Waals surface area contributed by atoms with Gasteiger partial charge >= 0.3 is 6.03 Å². The lowest BCUT2D eigenvalue weighted by molar-refractivity contribution is 0.245. The third-order valence-corrected chi connectivity index (χ3v) is 5.45. The van der Waals surface area contributed by atoms with Crippen molar-refractivity contribution in [2.75, 3.05) is 11.9 Å². The van der Waals surface area contributed by atoms with Gasteiger partial charge in [0.05, 0.1) is 22.4 Å². The van der Waals surface area contributed by atoms with Crippen molar-refractivity contribution in [2.24, 2.45) is 13.0 Å². The molecule has 0 radical (unpaired) electrons. The number of hydrogen-bond donors (Lipinski definition) is 3. The Morgan fingerprint density at radius 3 is 2.74 bits per heavy atom. The summed E-state index contributed by atoms with van der Waals surface area (Å²) >= 11 is 0. The molecule has 2 heterocycles. The normalized spacial score (nSPS) is 19.9. The van der Waals surface area contributed by atoms with Gasteiger partial charge in [0.2, 0.25) is 0 Å². The Morgan fingerprint density at radius 2 is 2.04 bits per heavy atom. The fourth-order valence-corrected chi connectivity index (χ4v) is 3.93. The summed E-state index contributed by atoms with van der Waals surface area (Å²) in [4.78, 5) is 20.3. The number of aromatic nitrogens is 4. The van der Waals surface area contributed by atoms with E-state index < -0.39 is 0 Å². The molecule has 2 aromatic heterocycles. The van der Waals surface area contributed by atoms with Crippen molar-refractivity contribution in [3.05, 3.63) is 42.0 Å². The molecule has 0 unspecified atom stereocenters. The van der Waals surface area contributed by atoms with Gasteiger partial charge < -0.3 is 15.6 Å². The van der Waals surface area contributed by atoms with Crippen LogP contribution in [0, 0.1) is 12.8 Å². The molecule has 7 heteroatoms. The van der Waals surface area contributed by atoms with Crippen molar-refractivity contribution in [1.82, 2.24) is 25.1 Å². The number of nitrogens with zero attached hydrogens (tertiary/aromatic N) is 3. The van der Waals surface area contributed by atoms with E-state index in [2.05, 4.69) is 26.8 Å². The van der Waals surface area contributed by atoms with E-state index in [9.17, 15) is 4.79 Å². The number of carbonyl (C=O) groups is 1. The van der Waals surface area contributed by atoms with Crippen molar-refractivity contribution < 1.29 is 4.79 Å². The Balaban J connectivity index is 1.25. The minimum Gasteiger partial charge on any atom is -0.342 e. The fourth-order valence-electron chi connectivity index (χ4n) is 3.93. The van der Waals surface area contributed by atoms with E-state index in [4.69, 9.17) is 4.98 Å². The first-order chi connectivity index (χ1) is 13.1. The predicted octanol–water partition coefficient (Wildman–Crippen LogP) is 3.70. The Morgan fingerprint density at radius 1 is 1.26 bits per heavy atom. The van der Waals surface area contributed by atoms with Crippen LogP contribution in [-0.2, 0) is 7.05 Å². The highest BCUT2D eigenvalue weighted by molar-refractivity contribution is 5.89. The molecule has 0 aliphatic heterocycles. The van der Waals surface area contributed by atoms with Crippen molar-refractivity contribution in [2.45, 2.75) is 38.5 Å². The smallest absolute Gasteiger partial charge is 0.319 e. The van der Waals surface area contributed by atoms with Crippen LogP contribution in [-0.4, -0.2) is 32.3 Å². The first kappa shape index (κ1) is 17.6. The molecule has 2 amide bonds. The quantitative estimate of drug-likeness (QED) is 0.658. The lowest BCUT2D eigenvalue weighted by Crippen LogP contribution is -2.34. The number of anilines is 1. The molecular weight excluding hydrogens is 340 g/mol. The van der Waals surface area contributed by atoms with Crippen LogP contribution in [0.2, 0.25) is 0 Å². The van der Waals surface area contributed by atoms with Crippen LogP contribution in [0.3, 0.4) is 0 Å². The zero-order chi connectivity index (χ0) is 18.8. The van der Waals surface area contributed by atoms with Gasteiger partial charge in [-0.1, -0.05) is 12.1 Å². The summed E-state index contributed by atoms with van der Waals surface area (Å²) in [5.41, 5.74) is 3.72. The topological polar surface area (TPSA) is 87.6 Å². The summed E-state index contributed by atoms with van der Waals surface area (Å²) < 4.78 is 1.70. The molecule has 1 aliphatic carbocycles. The maximum absolute atomic E-state index is 12.1. The van der Waals surface area contributed by atoms with E-state index in [-0.39, 0.29) is 6.03 Å². The molecular formula is C20H26N6O. The minimum atomic E-state index is -0.162. The fraction of sp³-hybridized carbons (Fsp3) is 0.450. The summed E-state index contributed by atoms with van der Waals surface area (Å²) in [7, 11) is 1.84. The molecule has 1 saturated carbocycles. The second-order valence-corrected chi connectivity index (χ2v) is 7.49. The highest BCUT2D eigenvalue weighted by Crippen LogP contribution is 2.35. The largest absolute Gasteiger partial charge is 0.342 e. The van der Waals surface area contributed by atoms with Gasteiger partial charge in [-0.25, -0.2) is 9.78 Å². The zero-order valence-electron chi connectivity index (χ0n) is 15.8. The minimum absolute atomic E-state index is 0.162. The third kappa shape index (κ3) is 3.97. The van der Waals surface area contributed by atoms with E-state index in [0.717, 1.165) is 53.9 Å². The summed E-state index contributed by atoms with van der Waals surface area (Å²) in [5, 5.41) is 10.1. The molecule has 1 fully saturated rings. The van der Waals surface area contributed by atoms with Gasteiger partial charge in [0.1, 0.15) is 5.82 Å². The van der Waals surface area contributed by atoms with Crippen LogP contribution >= 0.6 is 0 Å². The van der Waals surface area contributed by atoms with E-state index >= 15 is 0 Å². The Bertz CT molecular complexity index is 902. The van der Waals surface area contributed by atoms with Crippen LogP contribution in [0.1, 0.15) is 43.1 Å². The highest BCUT2D eigenvalue weighted by Gasteiger charge is 2.25. The van der Waals surface area contributed by atoms with Crippen LogP contribution in [0.5, 0.6) is 0 Å². The molecule has 3 aromatic rings. The highest BCUT2D eigenvalue weighted by atomic mass is 16.2. The first-order valence-corrected chi connectivity index (χ1v) is 9.58. The monoisotopic (exact) mass is 366 g/mol. The zero-order valence-corrected chi connectivity index (χ0v) is 15.8. The van der Waals surface area contributed by atoms with E-state index in [1.165, 1.54) is 0 Å². The molecule has 142 valence electrons. The number of urea groups is 1. The number of para-hydroxylation sites is 2. The lowest BCUT2D eigenvalue weighted by atomic mass is 9.81. The SMILES string of the molecule is Cc1nn(C)cc1NC(=O)NCC1CCC(c2nc3ccccc3[nH]2)CC1. The second kappa shape index (κ2) is 7.42. The van der Waals surface area contributed by atoms with Gasteiger partial charge in [-0.05, 0) is 50.7 Å². The number of H-pyrrole nitrogens is 1. The predicted molar refractivity (Wildman–Crippen MR) is 106 cm³/mol. The molecule has 1 aliphatic rings. The number of aryl methyl sites for hydroxylation is 2. The summed E-state index contributed by atoms with van der Waals surface area (Å²) in [5.74, 6) is 2.11. The van der Waals surface area contributed by atoms with Gasteiger partial charge in [0, 0.05) is 25.7 Å². The van der Waals surface area contributed by atoms with E-state index in [0.29, 0.717) is 18.4 Å². The van der Waals surface area contributed by atoms with Gasteiger partial charge in [-0.15, -0.1) is 0 Å². The number of carbonyl (C=O) groups excluding carboxylic acids is 1. The maximum atomic E-state index is 12.1. The number of nitrogens with one attached hydrogen (secondary N) is 3. The number of benzene rings is 1. The molecule has 0 spiro atoms. The van der Waals surface area contributed by atoms with Gasteiger partial charge in [-0.3, -0.25) is 4.68 Å². The van der Waals surface area contributed by atoms with Crippen LogP contribution < -0.4 is 10.6 Å². The van der Waals surface area contributed by atoms with Crippen molar-refractivity contribution in [3.8, 4) is 0 Å². The number of amides is 2. The molecule has 0 bridgehead atoms. The summed E-state index contributed by atoms with van der Waals surface area (Å²) in [6.45, 7) is 2.59. The molecule has 0 atom stereocenters. The molecule has 3 N–H and O–H groups in total. The number of hydrogen-bond acceptors (Lipinski definition) is 3. The standard InChI is InChI=1S/C20H26N6O/c1-13-18(12-26(2)25-13)24-20(27)21-11-14-7-9-15(10-8-14)19-22-16-5-3-4-6-17(16)23-19/h3-6,12,14-15H,7-11H2,1-2H3,(H,22,23)(H2,21,24,27). The number of aromatic amines is 1. The average Bonchev–Trinajstić information content (AvgIpc) is 3.23. The summed E-state index contributed by atoms with van der Waals surface area (Å²) in [6, 6.07) is 8.01. The van der Waals surface area contributed by atoms with Crippen molar-refractivity contribution >= 4 is 22.8 Å². The summed E-state index contributed by atoms with van der Waals surface area (Å²) in [6.07, 6.45) is 6.24. The Hall–Kier alpha value is -2.83. The van der Waals surface area contributed by atoms with Crippen molar-refractivity contribution in [1.29, 1.82) is 0 Å². The van der Waals surface area contributed by atoms with Gasteiger partial charge in [0.15, 0.2) is 0 Å².